The van der Waals surface area contributed by atoms with Gasteiger partial charge in [-0.3, -0.25) is 9.36 Å². The molecule has 0 radical (unpaired) electrons. The molecule has 124 valence electrons. The Morgan fingerprint density at radius 2 is 2.35 bits per heavy atom. The van der Waals surface area contributed by atoms with Crippen LogP contribution in [-0.4, -0.2) is 33.2 Å². The van der Waals surface area contributed by atoms with Crippen LogP contribution in [-0.2, 0) is 0 Å². The number of carbonyl (C=O) groups excluding carboxylic acids is 1. The molecular weight excluding hydrogens is 310 g/mol. The van der Waals surface area contributed by atoms with Gasteiger partial charge >= 0.3 is 0 Å². The number of aryl methyl sites for hydroxylation is 1. The van der Waals surface area contributed by atoms with Crippen molar-refractivity contribution in [2.24, 2.45) is 5.41 Å². The summed E-state index contributed by atoms with van der Waals surface area (Å²) >= 11 is 1.55. The highest BCUT2D eigenvalue weighted by atomic mass is 32.1. The molecule has 0 spiro atoms. The van der Waals surface area contributed by atoms with E-state index >= 15 is 0 Å². The van der Waals surface area contributed by atoms with Gasteiger partial charge in [0.15, 0.2) is 5.13 Å². The van der Waals surface area contributed by atoms with E-state index in [1.807, 2.05) is 36.8 Å². The Bertz CT molecular complexity index is 708. The van der Waals surface area contributed by atoms with Gasteiger partial charge in [-0.2, -0.15) is 0 Å². The molecule has 1 fully saturated rings. The van der Waals surface area contributed by atoms with Crippen molar-refractivity contribution in [1.82, 2.24) is 14.9 Å². The second-order valence-corrected chi connectivity index (χ2v) is 7.54. The van der Waals surface area contributed by atoms with Crippen molar-refractivity contribution >= 4 is 17.2 Å². The van der Waals surface area contributed by atoms with Crippen LogP contribution in [0.4, 0.5) is 0 Å². The molecule has 1 amide bonds. The number of hydrogen-bond acceptors (Lipinski definition) is 4. The molecule has 2 aromatic heterocycles. The van der Waals surface area contributed by atoms with E-state index < -0.39 is 0 Å². The number of thiazole rings is 1. The Labute approximate surface area is 140 Å². The predicted molar refractivity (Wildman–Crippen MR) is 91.2 cm³/mol. The minimum atomic E-state index is -0.212. The van der Waals surface area contributed by atoms with Gasteiger partial charge in [0.05, 0.1) is 12.2 Å². The fourth-order valence-electron chi connectivity index (χ4n) is 3.52. The molecule has 23 heavy (non-hydrogen) atoms. The van der Waals surface area contributed by atoms with E-state index in [2.05, 4.69) is 10.3 Å². The summed E-state index contributed by atoms with van der Waals surface area (Å²) in [6.07, 6.45) is 4.69. The van der Waals surface area contributed by atoms with E-state index in [1.54, 1.807) is 17.5 Å². The zero-order valence-electron chi connectivity index (χ0n) is 13.8. The van der Waals surface area contributed by atoms with Crippen LogP contribution in [0, 0.1) is 19.3 Å². The maximum Gasteiger partial charge on any atom is 0.253 e. The van der Waals surface area contributed by atoms with Crippen molar-refractivity contribution in [2.75, 3.05) is 6.61 Å². The fraction of sp³-hybridized carbons (Fsp3) is 0.529. The third-order valence-electron chi connectivity index (χ3n) is 5.03. The number of aliphatic hydroxyl groups excluding tert-OH is 1. The Kier molecular flexibility index (Phi) is 4.29. The van der Waals surface area contributed by atoms with Crippen LogP contribution in [0.5, 0.6) is 0 Å². The number of nitrogens with zero attached hydrogens (tertiary/aromatic N) is 2. The van der Waals surface area contributed by atoms with Crippen molar-refractivity contribution in [3.63, 3.8) is 0 Å². The van der Waals surface area contributed by atoms with Gasteiger partial charge in [0, 0.05) is 34.4 Å². The van der Waals surface area contributed by atoms with Gasteiger partial charge in [-0.15, -0.1) is 11.3 Å². The molecule has 2 aromatic rings. The van der Waals surface area contributed by atoms with Crippen LogP contribution in [0.1, 0.15) is 47.9 Å². The molecule has 5 nitrogen and oxygen atoms in total. The van der Waals surface area contributed by atoms with E-state index in [9.17, 15) is 9.90 Å². The molecule has 0 unspecified atom stereocenters. The number of amides is 1. The first-order valence-electron chi connectivity index (χ1n) is 7.97. The summed E-state index contributed by atoms with van der Waals surface area (Å²) in [5.41, 5.74) is 2.37. The highest BCUT2D eigenvalue weighted by molar-refractivity contribution is 7.12. The van der Waals surface area contributed by atoms with Gasteiger partial charge in [-0.25, -0.2) is 4.98 Å². The van der Waals surface area contributed by atoms with Crippen LogP contribution in [0.3, 0.4) is 0 Å². The van der Waals surface area contributed by atoms with Gasteiger partial charge in [0.25, 0.3) is 5.91 Å². The van der Waals surface area contributed by atoms with E-state index in [1.165, 1.54) is 0 Å². The standard InChI is InChI=1S/C17H23N3O2S/c1-11-9-13(12(2)20(11)16-18-7-8-23-16)15(22)19-14-5-4-6-17(14,3)10-21/h7-9,14,21H,4-6,10H2,1-3H3,(H,19,22)/t14-,17-/m0/s1. The van der Waals surface area contributed by atoms with Crippen LogP contribution in [0.25, 0.3) is 5.13 Å². The Hall–Kier alpha value is -1.66. The number of aromatic nitrogens is 2. The first-order chi connectivity index (χ1) is 11.0. The molecule has 0 bridgehead atoms. The summed E-state index contributed by atoms with van der Waals surface area (Å²) in [5.74, 6) is -0.0625. The molecule has 2 N–H and O–H groups in total. The van der Waals surface area contributed by atoms with E-state index in [0.29, 0.717) is 5.56 Å². The first-order valence-corrected chi connectivity index (χ1v) is 8.85. The van der Waals surface area contributed by atoms with Crippen molar-refractivity contribution in [2.45, 2.75) is 46.1 Å². The minimum Gasteiger partial charge on any atom is -0.396 e. The second kappa shape index (κ2) is 6.09. The van der Waals surface area contributed by atoms with Crippen molar-refractivity contribution in [1.29, 1.82) is 0 Å². The molecule has 3 rings (SSSR count). The van der Waals surface area contributed by atoms with Crippen molar-refractivity contribution < 1.29 is 9.90 Å². The SMILES string of the molecule is Cc1cc(C(=O)N[C@H]2CCC[C@@]2(C)CO)c(C)n1-c1nccs1. The van der Waals surface area contributed by atoms with Crippen LogP contribution < -0.4 is 5.32 Å². The van der Waals surface area contributed by atoms with Gasteiger partial charge in [0.1, 0.15) is 0 Å². The summed E-state index contributed by atoms with van der Waals surface area (Å²) in [5, 5.41) is 15.6. The van der Waals surface area contributed by atoms with Crippen molar-refractivity contribution in [3.8, 4) is 5.13 Å². The van der Waals surface area contributed by atoms with E-state index in [0.717, 1.165) is 35.8 Å². The lowest BCUT2D eigenvalue weighted by Crippen LogP contribution is -2.44. The maximum absolute atomic E-state index is 12.7. The predicted octanol–water partition coefficient (Wildman–Crippen LogP) is 2.83. The number of rotatable bonds is 4. The largest absolute Gasteiger partial charge is 0.396 e. The summed E-state index contributed by atoms with van der Waals surface area (Å²) in [6, 6.07) is 1.94. The molecule has 0 aromatic carbocycles. The second-order valence-electron chi connectivity index (χ2n) is 6.67. The number of aliphatic hydroxyl groups is 1. The molecule has 1 saturated carbocycles. The van der Waals surface area contributed by atoms with Crippen LogP contribution >= 0.6 is 11.3 Å². The quantitative estimate of drug-likeness (QED) is 0.904. The molecule has 0 aliphatic heterocycles. The zero-order chi connectivity index (χ0) is 16.6. The minimum absolute atomic E-state index is 0.0305. The van der Waals surface area contributed by atoms with Crippen LogP contribution in [0.15, 0.2) is 17.6 Å². The van der Waals surface area contributed by atoms with E-state index in [4.69, 9.17) is 0 Å². The van der Waals surface area contributed by atoms with Crippen LogP contribution in [0.2, 0.25) is 0 Å². The molecule has 6 heteroatoms. The molecular formula is C17H23N3O2S. The maximum atomic E-state index is 12.7. The smallest absolute Gasteiger partial charge is 0.253 e. The number of hydrogen-bond donors (Lipinski definition) is 2. The van der Waals surface area contributed by atoms with Gasteiger partial charge < -0.3 is 10.4 Å². The molecule has 1 aliphatic rings. The van der Waals surface area contributed by atoms with Gasteiger partial charge in [0.2, 0.25) is 0 Å². The average molecular weight is 333 g/mol. The highest BCUT2D eigenvalue weighted by Gasteiger charge is 2.39. The summed E-state index contributed by atoms with van der Waals surface area (Å²) in [7, 11) is 0. The first kappa shape index (κ1) is 16.2. The monoisotopic (exact) mass is 333 g/mol. The third kappa shape index (κ3) is 2.81. The van der Waals surface area contributed by atoms with Crippen molar-refractivity contribution in [3.05, 3.63) is 34.6 Å². The summed E-state index contributed by atoms with van der Waals surface area (Å²) in [4.78, 5) is 17.1. The molecule has 2 heterocycles. The lowest BCUT2D eigenvalue weighted by atomic mass is 9.85. The fourth-order valence-corrected chi connectivity index (χ4v) is 4.27. The summed E-state index contributed by atoms with van der Waals surface area (Å²) < 4.78 is 2.01. The number of nitrogens with one attached hydrogen (secondary N) is 1. The Morgan fingerprint density at radius 1 is 1.57 bits per heavy atom. The third-order valence-corrected chi connectivity index (χ3v) is 5.79. The summed E-state index contributed by atoms with van der Waals surface area (Å²) in [6.45, 7) is 6.08. The normalized spacial score (nSPS) is 24.1. The van der Waals surface area contributed by atoms with Gasteiger partial charge in [-0.05, 0) is 32.8 Å². The zero-order valence-corrected chi connectivity index (χ0v) is 14.6. The molecule has 0 saturated heterocycles. The Morgan fingerprint density at radius 3 is 3.00 bits per heavy atom. The lowest BCUT2D eigenvalue weighted by molar-refractivity contribution is 0.0830. The molecule has 2 atom stereocenters. The topological polar surface area (TPSA) is 67.2 Å². The highest BCUT2D eigenvalue weighted by Crippen LogP contribution is 2.37. The number of carbonyl (C=O) groups is 1. The van der Waals surface area contributed by atoms with Gasteiger partial charge in [-0.1, -0.05) is 13.3 Å². The lowest BCUT2D eigenvalue weighted by Gasteiger charge is -2.30. The Balaban J connectivity index is 1.85. The average Bonchev–Trinajstić information content (AvgIpc) is 3.21. The van der Waals surface area contributed by atoms with E-state index in [-0.39, 0.29) is 24.0 Å². The molecule has 1 aliphatic carbocycles.